The lowest BCUT2D eigenvalue weighted by Gasteiger charge is -2.21. The van der Waals surface area contributed by atoms with E-state index in [4.69, 9.17) is 28.9 Å². The molecule has 4 heteroatoms. The minimum Gasteiger partial charge on any atom is -0.324 e. The molecule has 1 aliphatic carbocycles. The molecular formula is C15H16Cl2N2. The molecule has 19 heavy (non-hydrogen) atoms. The summed E-state index contributed by atoms with van der Waals surface area (Å²) >= 11 is 12.6. The fraction of sp³-hybridized carbons (Fsp3) is 0.333. The van der Waals surface area contributed by atoms with Gasteiger partial charge >= 0.3 is 0 Å². The highest BCUT2D eigenvalue weighted by Crippen LogP contribution is 2.34. The topological polar surface area (TPSA) is 30.9 Å². The molecule has 0 amide bonds. The van der Waals surface area contributed by atoms with Crippen LogP contribution < -0.4 is 5.73 Å². The zero-order valence-corrected chi connectivity index (χ0v) is 12.3. The van der Waals surface area contributed by atoms with Crippen molar-refractivity contribution in [3.8, 4) is 5.69 Å². The Hall–Kier alpha value is -0.960. The average molecular weight is 295 g/mol. The molecule has 1 aromatic heterocycles. The fourth-order valence-corrected chi connectivity index (χ4v) is 3.24. The Bertz CT molecular complexity index is 631. The van der Waals surface area contributed by atoms with Gasteiger partial charge in [0.05, 0.1) is 10.7 Å². The van der Waals surface area contributed by atoms with Crippen molar-refractivity contribution in [1.29, 1.82) is 0 Å². The second-order valence-corrected chi connectivity index (χ2v) is 5.95. The molecule has 1 atom stereocenters. The van der Waals surface area contributed by atoms with Gasteiger partial charge in [-0.1, -0.05) is 23.2 Å². The first-order chi connectivity index (χ1) is 9.08. The molecule has 0 aliphatic heterocycles. The molecule has 100 valence electrons. The Kier molecular flexibility index (Phi) is 3.34. The van der Waals surface area contributed by atoms with Gasteiger partial charge in [0.25, 0.3) is 0 Å². The quantitative estimate of drug-likeness (QED) is 0.829. The number of nitrogens with two attached hydrogens (primary N) is 1. The zero-order valence-electron chi connectivity index (χ0n) is 10.8. The first kappa shape index (κ1) is 13.0. The van der Waals surface area contributed by atoms with Crippen LogP contribution in [0, 0.1) is 6.92 Å². The predicted molar refractivity (Wildman–Crippen MR) is 80.4 cm³/mol. The Morgan fingerprint density at radius 2 is 2.05 bits per heavy atom. The van der Waals surface area contributed by atoms with E-state index < -0.39 is 0 Å². The van der Waals surface area contributed by atoms with Crippen LogP contribution in [0.4, 0.5) is 0 Å². The highest BCUT2D eigenvalue weighted by atomic mass is 35.5. The van der Waals surface area contributed by atoms with Gasteiger partial charge in [-0.25, -0.2) is 0 Å². The van der Waals surface area contributed by atoms with Gasteiger partial charge < -0.3 is 10.3 Å². The van der Waals surface area contributed by atoms with Gasteiger partial charge in [0, 0.05) is 23.0 Å². The van der Waals surface area contributed by atoms with Crippen molar-refractivity contribution in [2.24, 2.45) is 5.73 Å². The summed E-state index contributed by atoms with van der Waals surface area (Å²) in [7, 11) is 0. The van der Waals surface area contributed by atoms with Gasteiger partial charge in [-0.3, -0.25) is 0 Å². The number of fused-ring (bicyclic) bond motifs is 1. The van der Waals surface area contributed by atoms with Crippen molar-refractivity contribution < 1.29 is 0 Å². The molecule has 1 aliphatic rings. The lowest BCUT2D eigenvalue weighted by atomic mass is 9.93. The Labute approximate surface area is 123 Å². The molecule has 2 aromatic rings. The van der Waals surface area contributed by atoms with Crippen LogP contribution in [0.3, 0.4) is 0 Å². The third kappa shape index (κ3) is 2.18. The van der Waals surface area contributed by atoms with E-state index in [1.807, 2.05) is 25.3 Å². The largest absolute Gasteiger partial charge is 0.324 e. The molecule has 2 nitrogen and oxygen atoms in total. The summed E-state index contributed by atoms with van der Waals surface area (Å²) < 4.78 is 2.13. The number of benzene rings is 1. The standard InChI is InChI=1S/C15H16Cl2N2/c1-9-7-12(17)15(8-11(9)16)19-6-5-10-13(18)3-2-4-14(10)19/h5-8,13H,2-4,18H2,1H3. The molecule has 1 heterocycles. The summed E-state index contributed by atoms with van der Waals surface area (Å²) in [6, 6.07) is 6.08. The number of hydrogen-bond donors (Lipinski definition) is 1. The highest BCUT2D eigenvalue weighted by molar-refractivity contribution is 6.35. The zero-order chi connectivity index (χ0) is 13.6. The maximum absolute atomic E-state index is 6.36. The van der Waals surface area contributed by atoms with E-state index in [1.54, 1.807) is 0 Å². The van der Waals surface area contributed by atoms with E-state index in [0.717, 1.165) is 40.6 Å². The molecule has 1 unspecified atom stereocenters. The van der Waals surface area contributed by atoms with E-state index in [0.29, 0.717) is 0 Å². The van der Waals surface area contributed by atoms with Crippen molar-refractivity contribution in [3.05, 3.63) is 51.3 Å². The number of hydrogen-bond acceptors (Lipinski definition) is 1. The van der Waals surface area contributed by atoms with Gasteiger partial charge in [-0.05, 0) is 55.5 Å². The van der Waals surface area contributed by atoms with E-state index in [2.05, 4.69) is 10.6 Å². The first-order valence-electron chi connectivity index (χ1n) is 6.49. The highest BCUT2D eigenvalue weighted by Gasteiger charge is 2.21. The maximum atomic E-state index is 6.36. The molecule has 1 aromatic carbocycles. The van der Waals surface area contributed by atoms with Crippen LogP contribution in [0.1, 0.15) is 35.7 Å². The van der Waals surface area contributed by atoms with Crippen molar-refractivity contribution in [2.45, 2.75) is 32.2 Å². The summed E-state index contributed by atoms with van der Waals surface area (Å²) in [4.78, 5) is 0. The summed E-state index contributed by atoms with van der Waals surface area (Å²) in [6.07, 6.45) is 5.26. The van der Waals surface area contributed by atoms with E-state index in [1.165, 1.54) is 11.3 Å². The first-order valence-corrected chi connectivity index (χ1v) is 7.25. The SMILES string of the molecule is Cc1cc(Cl)c(-n2ccc3c2CCCC3N)cc1Cl. The molecule has 0 spiro atoms. The number of aromatic nitrogens is 1. The third-order valence-corrected chi connectivity index (χ3v) is 4.55. The van der Waals surface area contributed by atoms with Crippen LogP contribution in [0.5, 0.6) is 0 Å². The van der Waals surface area contributed by atoms with Crippen molar-refractivity contribution in [3.63, 3.8) is 0 Å². The summed E-state index contributed by atoms with van der Waals surface area (Å²) in [5.41, 5.74) is 10.6. The number of halogens is 2. The van der Waals surface area contributed by atoms with Crippen molar-refractivity contribution in [1.82, 2.24) is 4.57 Å². The average Bonchev–Trinajstić information content (AvgIpc) is 2.79. The van der Waals surface area contributed by atoms with Crippen LogP contribution in [-0.2, 0) is 6.42 Å². The van der Waals surface area contributed by atoms with Gasteiger partial charge in [-0.15, -0.1) is 0 Å². The molecule has 0 radical (unpaired) electrons. The van der Waals surface area contributed by atoms with Crippen LogP contribution in [0.2, 0.25) is 10.0 Å². The maximum Gasteiger partial charge on any atom is 0.0653 e. The summed E-state index contributed by atoms with van der Waals surface area (Å²) in [5.74, 6) is 0. The third-order valence-electron chi connectivity index (χ3n) is 3.84. The van der Waals surface area contributed by atoms with E-state index >= 15 is 0 Å². The molecule has 0 saturated heterocycles. The number of aryl methyl sites for hydroxylation is 1. The lowest BCUT2D eigenvalue weighted by molar-refractivity contribution is 0.560. The van der Waals surface area contributed by atoms with Gasteiger partial charge in [0.15, 0.2) is 0 Å². The molecule has 0 saturated carbocycles. The van der Waals surface area contributed by atoms with E-state index in [-0.39, 0.29) is 6.04 Å². The molecule has 2 N–H and O–H groups in total. The number of rotatable bonds is 1. The van der Waals surface area contributed by atoms with Crippen LogP contribution >= 0.6 is 23.2 Å². The Morgan fingerprint density at radius 3 is 2.84 bits per heavy atom. The minimum atomic E-state index is 0.143. The summed E-state index contributed by atoms with van der Waals surface area (Å²) in [6.45, 7) is 1.96. The van der Waals surface area contributed by atoms with Crippen molar-refractivity contribution in [2.75, 3.05) is 0 Å². The Balaban J connectivity index is 2.16. The molecule has 3 rings (SSSR count). The van der Waals surface area contributed by atoms with Crippen LogP contribution in [0.15, 0.2) is 24.4 Å². The summed E-state index contributed by atoms with van der Waals surface area (Å²) in [5, 5.41) is 1.46. The van der Waals surface area contributed by atoms with E-state index in [9.17, 15) is 0 Å². The monoisotopic (exact) mass is 294 g/mol. The lowest BCUT2D eigenvalue weighted by Crippen LogP contribution is -2.17. The van der Waals surface area contributed by atoms with Gasteiger partial charge in [-0.2, -0.15) is 0 Å². The smallest absolute Gasteiger partial charge is 0.0653 e. The number of nitrogens with zero attached hydrogens (tertiary/aromatic N) is 1. The second kappa shape index (κ2) is 4.86. The van der Waals surface area contributed by atoms with Gasteiger partial charge in [0.2, 0.25) is 0 Å². The van der Waals surface area contributed by atoms with Gasteiger partial charge in [0.1, 0.15) is 0 Å². The minimum absolute atomic E-state index is 0.143. The molecule has 0 bridgehead atoms. The normalized spacial score (nSPS) is 18.4. The predicted octanol–water partition coefficient (Wildman–Crippen LogP) is 4.43. The Morgan fingerprint density at radius 1 is 1.26 bits per heavy atom. The fourth-order valence-electron chi connectivity index (χ4n) is 2.77. The second-order valence-electron chi connectivity index (χ2n) is 5.14. The molecule has 0 fully saturated rings. The van der Waals surface area contributed by atoms with Crippen molar-refractivity contribution >= 4 is 23.2 Å². The van der Waals surface area contributed by atoms with Crippen LogP contribution in [0.25, 0.3) is 5.69 Å². The van der Waals surface area contributed by atoms with Crippen LogP contribution in [-0.4, -0.2) is 4.57 Å². The molecular weight excluding hydrogens is 279 g/mol.